The fourth-order valence-corrected chi connectivity index (χ4v) is 2.45. The molecule has 0 spiro atoms. The average molecular weight is 177 g/mol. The van der Waals surface area contributed by atoms with Gasteiger partial charge in [-0.15, -0.1) is 0 Å². The summed E-state index contributed by atoms with van der Waals surface area (Å²) in [6.45, 7) is 3.25. The Hall–Kier alpha value is -0.590. The maximum atomic E-state index is 4.50. The molecule has 1 fully saturated rings. The van der Waals surface area contributed by atoms with Crippen molar-refractivity contribution in [2.24, 2.45) is 22.7 Å². The Morgan fingerprint density at radius 3 is 2.92 bits per heavy atom. The van der Waals surface area contributed by atoms with Crippen LogP contribution < -0.4 is 0 Å². The molecule has 0 aliphatic heterocycles. The maximum absolute atomic E-state index is 4.50. The molecular formula is C12H19N. The van der Waals surface area contributed by atoms with Gasteiger partial charge in [-0.05, 0) is 31.1 Å². The van der Waals surface area contributed by atoms with Crippen LogP contribution in [0.1, 0.15) is 32.6 Å². The Balaban J connectivity index is 1.77. The van der Waals surface area contributed by atoms with Crippen LogP contribution in [0, 0.1) is 17.8 Å². The zero-order chi connectivity index (χ0) is 9.10. The smallest absolute Gasteiger partial charge is 0.0385 e. The van der Waals surface area contributed by atoms with Crippen molar-refractivity contribution < 1.29 is 0 Å². The molecule has 3 atom stereocenters. The molecule has 0 aromatic rings. The van der Waals surface area contributed by atoms with Crippen LogP contribution in [0.5, 0.6) is 0 Å². The van der Waals surface area contributed by atoms with Gasteiger partial charge >= 0.3 is 0 Å². The van der Waals surface area contributed by atoms with E-state index in [2.05, 4.69) is 30.3 Å². The van der Waals surface area contributed by atoms with Crippen LogP contribution in [0.4, 0.5) is 0 Å². The molecule has 0 N–H and O–H groups in total. The van der Waals surface area contributed by atoms with E-state index in [0.29, 0.717) is 0 Å². The van der Waals surface area contributed by atoms with E-state index in [-0.39, 0.29) is 0 Å². The Labute approximate surface area is 80.9 Å². The van der Waals surface area contributed by atoms with Gasteiger partial charge in [0, 0.05) is 18.7 Å². The highest BCUT2D eigenvalue weighted by Crippen LogP contribution is 2.42. The third kappa shape index (κ3) is 2.01. The molecule has 2 rings (SSSR count). The second kappa shape index (κ2) is 4.08. The molecule has 0 aromatic heterocycles. The van der Waals surface area contributed by atoms with Gasteiger partial charge in [-0.2, -0.15) is 0 Å². The van der Waals surface area contributed by atoms with Crippen LogP contribution in [-0.2, 0) is 0 Å². The van der Waals surface area contributed by atoms with Gasteiger partial charge in [0.15, 0.2) is 0 Å². The Bertz CT molecular complexity index is 217. The summed E-state index contributed by atoms with van der Waals surface area (Å²) >= 11 is 0. The molecule has 1 nitrogen and oxygen atoms in total. The number of fused-ring (bicyclic) bond motifs is 2. The molecular weight excluding hydrogens is 158 g/mol. The van der Waals surface area contributed by atoms with E-state index in [9.17, 15) is 0 Å². The first-order valence-corrected chi connectivity index (χ1v) is 5.58. The molecule has 0 radical (unpaired) electrons. The molecule has 1 heteroatoms. The topological polar surface area (TPSA) is 12.4 Å². The number of aliphatic imine (C=N–C) groups is 1. The molecule has 13 heavy (non-hydrogen) atoms. The minimum absolute atomic E-state index is 0.770. The lowest BCUT2D eigenvalue weighted by atomic mass is 9.95. The zero-order valence-electron chi connectivity index (χ0n) is 8.45. The van der Waals surface area contributed by atoms with E-state index in [1.54, 1.807) is 0 Å². The molecule has 72 valence electrons. The van der Waals surface area contributed by atoms with E-state index < -0.39 is 0 Å². The van der Waals surface area contributed by atoms with Gasteiger partial charge in [-0.25, -0.2) is 0 Å². The van der Waals surface area contributed by atoms with E-state index in [0.717, 1.165) is 24.3 Å². The number of rotatable bonds is 4. The fourth-order valence-electron chi connectivity index (χ4n) is 2.45. The van der Waals surface area contributed by atoms with E-state index in [1.165, 1.54) is 25.7 Å². The van der Waals surface area contributed by atoms with E-state index >= 15 is 0 Å². The third-order valence-corrected chi connectivity index (χ3v) is 3.27. The minimum atomic E-state index is 0.770. The Kier molecular flexibility index (Phi) is 2.82. The summed E-state index contributed by atoms with van der Waals surface area (Å²) in [5.41, 5.74) is 0. The Morgan fingerprint density at radius 1 is 1.38 bits per heavy atom. The van der Waals surface area contributed by atoms with Gasteiger partial charge in [0.1, 0.15) is 0 Å². The first-order chi connectivity index (χ1) is 6.40. The molecule has 2 bridgehead atoms. The molecule has 0 saturated heterocycles. The molecule has 2 aliphatic carbocycles. The highest BCUT2D eigenvalue weighted by molar-refractivity contribution is 5.63. The van der Waals surface area contributed by atoms with Crippen molar-refractivity contribution in [3.63, 3.8) is 0 Å². The predicted octanol–water partition coefficient (Wildman–Crippen LogP) is 3.07. The molecule has 3 unspecified atom stereocenters. The van der Waals surface area contributed by atoms with Crippen molar-refractivity contribution in [1.82, 2.24) is 0 Å². The van der Waals surface area contributed by atoms with Gasteiger partial charge in [0.25, 0.3) is 0 Å². The summed E-state index contributed by atoms with van der Waals surface area (Å²) in [5.74, 6) is 2.48. The Morgan fingerprint density at radius 2 is 2.31 bits per heavy atom. The van der Waals surface area contributed by atoms with Gasteiger partial charge in [0.05, 0.1) is 0 Å². The van der Waals surface area contributed by atoms with E-state index in [1.807, 2.05) is 0 Å². The molecule has 2 aliphatic rings. The summed E-state index contributed by atoms with van der Waals surface area (Å²) < 4.78 is 0. The summed E-state index contributed by atoms with van der Waals surface area (Å²) in [6, 6.07) is 0. The van der Waals surface area contributed by atoms with Crippen molar-refractivity contribution in [1.29, 1.82) is 0 Å². The lowest BCUT2D eigenvalue weighted by Gasteiger charge is -2.11. The highest BCUT2D eigenvalue weighted by Gasteiger charge is 2.34. The zero-order valence-corrected chi connectivity index (χ0v) is 8.45. The fraction of sp³-hybridized carbons (Fsp3) is 0.750. The number of nitrogens with zero attached hydrogens (tertiary/aromatic N) is 1. The lowest BCUT2D eigenvalue weighted by molar-refractivity contribution is 0.592. The van der Waals surface area contributed by atoms with Gasteiger partial charge in [-0.1, -0.05) is 25.5 Å². The first kappa shape index (κ1) is 8.98. The van der Waals surface area contributed by atoms with Crippen LogP contribution in [0.25, 0.3) is 0 Å². The largest absolute Gasteiger partial charge is 0.297 e. The first-order valence-electron chi connectivity index (χ1n) is 5.58. The third-order valence-electron chi connectivity index (χ3n) is 3.27. The van der Waals surface area contributed by atoms with Gasteiger partial charge in [-0.3, -0.25) is 4.99 Å². The van der Waals surface area contributed by atoms with Crippen molar-refractivity contribution in [2.75, 3.05) is 6.54 Å². The normalized spacial score (nSPS) is 36.5. The van der Waals surface area contributed by atoms with Gasteiger partial charge in [0.2, 0.25) is 0 Å². The van der Waals surface area contributed by atoms with Crippen LogP contribution in [0.15, 0.2) is 17.1 Å². The summed E-state index contributed by atoms with van der Waals surface area (Å²) in [4.78, 5) is 4.50. The highest BCUT2D eigenvalue weighted by atomic mass is 14.7. The van der Waals surface area contributed by atoms with Crippen molar-refractivity contribution in [3.8, 4) is 0 Å². The summed E-state index contributed by atoms with van der Waals surface area (Å²) in [6.07, 6.45) is 12.3. The van der Waals surface area contributed by atoms with Crippen molar-refractivity contribution in [2.45, 2.75) is 32.6 Å². The average Bonchev–Trinajstić information content (AvgIpc) is 2.73. The molecule has 0 heterocycles. The van der Waals surface area contributed by atoms with E-state index in [4.69, 9.17) is 0 Å². The number of hydrogen-bond donors (Lipinski definition) is 0. The predicted molar refractivity (Wildman–Crippen MR) is 57.1 cm³/mol. The SMILES string of the molecule is CCCCN=CC1CC2C=CC1C2. The van der Waals surface area contributed by atoms with Crippen LogP contribution in [-0.4, -0.2) is 12.8 Å². The van der Waals surface area contributed by atoms with Crippen molar-refractivity contribution >= 4 is 6.21 Å². The summed E-state index contributed by atoms with van der Waals surface area (Å²) in [7, 11) is 0. The second-order valence-corrected chi connectivity index (χ2v) is 4.35. The quantitative estimate of drug-likeness (QED) is 0.355. The lowest BCUT2D eigenvalue weighted by Crippen LogP contribution is -2.08. The standard InChI is InChI=1S/C12H19N/c1-2-3-6-13-9-12-8-10-4-5-11(12)7-10/h4-5,9-12H,2-3,6-8H2,1H3. The summed E-state index contributed by atoms with van der Waals surface area (Å²) in [5, 5.41) is 0. The maximum Gasteiger partial charge on any atom is 0.0385 e. The van der Waals surface area contributed by atoms with Crippen LogP contribution >= 0.6 is 0 Å². The molecule has 1 saturated carbocycles. The van der Waals surface area contributed by atoms with Crippen LogP contribution in [0.3, 0.4) is 0 Å². The van der Waals surface area contributed by atoms with Crippen molar-refractivity contribution in [3.05, 3.63) is 12.2 Å². The number of hydrogen-bond acceptors (Lipinski definition) is 1. The number of unbranched alkanes of at least 4 members (excludes halogenated alkanes) is 1. The molecule has 0 aromatic carbocycles. The van der Waals surface area contributed by atoms with Gasteiger partial charge < -0.3 is 0 Å². The monoisotopic (exact) mass is 177 g/mol. The van der Waals surface area contributed by atoms with Crippen LogP contribution in [0.2, 0.25) is 0 Å². The molecule has 0 amide bonds. The second-order valence-electron chi connectivity index (χ2n) is 4.35. The minimum Gasteiger partial charge on any atom is -0.297 e. The number of allylic oxidation sites excluding steroid dienone is 2.